The van der Waals surface area contributed by atoms with Crippen LogP contribution in [0.2, 0.25) is 0 Å². The van der Waals surface area contributed by atoms with E-state index in [0.29, 0.717) is 31.9 Å². The van der Waals surface area contributed by atoms with Gasteiger partial charge in [0, 0.05) is 44.0 Å². The largest absolute Gasteiger partial charge is 0.491 e. The number of carbonyl (C=O) groups is 1. The maximum Gasteiger partial charge on any atom is 0.321 e. The summed E-state index contributed by atoms with van der Waals surface area (Å²) in [6.45, 7) is 6.66. The Bertz CT molecular complexity index is 1360. The molecule has 5 rings (SSSR count). The Balaban J connectivity index is 1.10. The summed E-state index contributed by atoms with van der Waals surface area (Å²) in [5, 5.41) is 14.7. The van der Waals surface area contributed by atoms with Crippen LogP contribution >= 0.6 is 11.3 Å². The molecule has 2 N–H and O–H groups in total. The molecule has 1 saturated heterocycles. The van der Waals surface area contributed by atoms with Crippen molar-refractivity contribution in [2.24, 2.45) is 0 Å². The summed E-state index contributed by atoms with van der Waals surface area (Å²) in [6, 6.07) is 23.9. The normalized spacial score (nSPS) is 17.1. The molecule has 37 heavy (non-hydrogen) atoms. The van der Waals surface area contributed by atoms with Crippen LogP contribution in [0.5, 0.6) is 5.75 Å². The summed E-state index contributed by atoms with van der Waals surface area (Å²) in [4.78, 5) is 21.5. The van der Waals surface area contributed by atoms with Gasteiger partial charge in [-0.1, -0.05) is 42.5 Å². The van der Waals surface area contributed by atoms with E-state index in [2.05, 4.69) is 34.3 Å². The second-order valence-electron chi connectivity index (χ2n) is 9.49. The maximum atomic E-state index is 13.0. The highest BCUT2D eigenvalue weighted by Crippen LogP contribution is 2.26. The Kier molecular flexibility index (Phi) is 7.69. The van der Waals surface area contributed by atoms with E-state index in [9.17, 15) is 9.90 Å². The maximum absolute atomic E-state index is 13.0. The first kappa shape index (κ1) is 25.2. The van der Waals surface area contributed by atoms with Gasteiger partial charge in [0.15, 0.2) is 0 Å². The molecule has 1 aliphatic heterocycles. The summed E-state index contributed by atoms with van der Waals surface area (Å²) < 4.78 is 6.97. The predicted molar refractivity (Wildman–Crippen MR) is 149 cm³/mol. The number of β-amino-alcohol motifs (C(OH)–C–C–N with tert-alkyl or cyclic N) is 1. The molecule has 192 valence electrons. The van der Waals surface area contributed by atoms with Gasteiger partial charge in [-0.05, 0) is 49.2 Å². The number of urea groups is 1. The van der Waals surface area contributed by atoms with E-state index in [4.69, 9.17) is 4.74 Å². The number of aromatic nitrogens is 1. The molecule has 0 unspecified atom stereocenters. The summed E-state index contributed by atoms with van der Waals surface area (Å²) in [5.74, 6) is 0.711. The average Bonchev–Trinajstić information content (AvgIpc) is 3.28. The van der Waals surface area contributed by atoms with Crippen molar-refractivity contribution in [3.63, 3.8) is 0 Å². The van der Waals surface area contributed by atoms with Crippen LogP contribution in [-0.4, -0.2) is 70.9 Å². The first-order valence-electron chi connectivity index (χ1n) is 12.6. The van der Waals surface area contributed by atoms with Gasteiger partial charge in [0.25, 0.3) is 0 Å². The molecule has 4 aromatic rings. The number of anilines is 1. The third-order valence-corrected chi connectivity index (χ3v) is 7.58. The van der Waals surface area contributed by atoms with Crippen molar-refractivity contribution in [1.29, 1.82) is 0 Å². The summed E-state index contributed by atoms with van der Waals surface area (Å²) in [6.07, 6.45) is -0.628. The minimum absolute atomic E-state index is 0.103. The smallest absolute Gasteiger partial charge is 0.321 e. The molecule has 0 spiro atoms. The number of fused-ring (bicyclic) bond motifs is 1. The molecule has 2 heterocycles. The standard InChI is InChI=1S/C29H32N4O3S/c1-20-17-33(29(35)31-24-10-6-9-23(15-24)22-7-4-3-5-8-22)14-13-32(20)18-25(34)19-36-26-11-12-28-27(16-26)30-21(2)37-28/h3-12,15-16,20,25,34H,13-14,17-19H2,1-2H3,(H,31,35)/t20-,25+/m0/s1. The van der Waals surface area contributed by atoms with Crippen molar-refractivity contribution in [3.05, 3.63) is 77.8 Å². The Morgan fingerprint density at radius 2 is 1.92 bits per heavy atom. The van der Waals surface area contributed by atoms with Gasteiger partial charge in [0.1, 0.15) is 18.5 Å². The van der Waals surface area contributed by atoms with E-state index in [1.54, 1.807) is 11.3 Å². The number of benzene rings is 3. The summed E-state index contributed by atoms with van der Waals surface area (Å²) in [5.41, 5.74) is 3.88. The van der Waals surface area contributed by atoms with Crippen LogP contribution in [0, 0.1) is 6.92 Å². The lowest BCUT2D eigenvalue weighted by atomic mass is 10.1. The first-order chi connectivity index (χ1) is 17.9. The zero-order valence-electron chi connectivity index (χ0n) is 21.1. The SMILES string of the molecule is Cc1nc2cc(OC[C@H](O)CN3CCN(C(=O)Nc4cccc(-c5ccccc5)c4)C[C@@H]3C)ccc2s1. The number of nitrogens with zero attached hydrogens (tertiary/aromatic N) is 3. The van der Waals surface area contributed by atoms with Crippen molar-refractivity contribution in [1.82, 2.24) is 14.8 Å². The van der Waals surface area contributed by atoms with Gasteiger partial charge in [-0.25, -0.2) is 9.78 Å². The van der Waals surface area contributed by atoms with Crippen molar-refractivity contribution in [2.75, 3.05) is 38.1 Å². The number of ether oxygens (including phenoxy) is 1. The topological polar surface area (TPSA) is 77.9 Å². The van der Waals surface area contributed by atoms with E-state index in [1.165, 1.54) is 0 Å². The van der Waals surface area contributed by atoms with Gasteiger partial charge in [0.2, 0.25) is 0 Å². The van der Waals surface area contributed by atoms with E-state index in [0.717, 1.165) is 32.0 Å². The van der Waals surface area contributed by atoms with Crippen LogP contribution in [0.3, 0.4) is 0 Å². The fraction of sp³-hybridized carbons (Fsp3) is 0.310. The predicted octanol–water partition coefficient (Wildman–Crippen LogP) is 5.25. The number of piperazine rings is 1. The highest BCUT2D eigenvalue weighted by atomic mass is 32.1. The Hall–Kier alpha value is -3.46. The fourth-order valence-electron chi connectivity index (χ4n) is 4.69. The molecule has 3 aromatic carbocycles. The van der Waals surface area contributed by atoms with Crippen LogP contribution in [0.15, 0.2) is 72.8 Å². The minimum Gasteiger partial charge on any atom is -0.491 e. The molecule has 2 amide bonds. The van der Waals surface area contributed by atoms with Crippen LogP contribution in [0.1, 0.15) is 11.9 Å². The number of aliphatic hydroxyl groups excluding tert-OH is 1. The lowest BCUT2D eigenvalue weighted by Gasteiger charge is -2.40. The van der Waals surface area contributed by atoms with E-state index in [1.807, 2.05) is 72.5 Å². The van der Waals surface area contributed by atoms with Gasteiger partial charge >= 0.3 is 6.03 Å². The second-order valence-corrected chi connectivity index (χ2v) is 10.7. The molecule has 1 fully saturated rings. The van der Waals surface area contributed by atoms with Gasteiger partial charge in [-0.15, -0.1) is 11.3 Å². The third-order valence-electron chi connectivity index (χ3n) is 6.63. The molecule has 0 aliphatic carbocycles. The van der Waals surface area contributed by atoms with Gasteiger partial charge in [-0.3, -0.25) is 4.90 Å². The number of rotatable bonds is 7. The Morgan fingerprint density at radius 1 is 1.11 bits per heavy atom. The molecular formula is C29H32N4O3S. The quantitative estimate of drug-likeness (QED) is 0.351. The average molecular weight is 517 g/mol. The molecule has 8 heteroatoms. The van der Waals surface area contributed by atoms with Crippen LogP contribution in [0.4, 0.5) is 10.5 Å². The monoisotopic (exact) mass is 516 g/mol. The van der Waals surface area contributed by atoms with Gasteiger partial charge in [-0.2, -0.15) is 0 Å². The molecule has 0 saturated carbocycles. The van der Waals surface area contributed by atoms with Crippen LogP contribution < -0.4 is 10.1 Å². The van der Waals surface area contributed by atoms with Gasteiger partial charge in [0.05, 0.1) is 15.2 Å². The van der Waals surface area contributed by atoms with Gasteiger partial charge < -0.3 is 20.1 Å². The molecule has 0 bridgehead atoms. The number of hydrogen-bond acceptors (Lipinski definition) is 6. The molecular weight excluding hydrogens is 484 g/mol. The number of aryl methyl sites for hydroxylation is 1. The summed E-state index contributed by atoms with van der Waals surface area (Å²) >= 11 is 1.66. The number of nitrogens with one attached hydrogen (secondary N) is 1. The molecule has 2 atom stereocenters. The van der Waals surface area contributed by atoms with E-state index < -0.39 is 6.10 Å². The lowest BCUT2D eigenvalue weighted by molar-refractivity contribution is 0.0307. The van der Waals surface area contributed by atoms with Crippen molar-refractivity contribution >= 4 is 33.3 Å². The fourth-order valence-corrected chi connectivity index (χ4v) is 5.50. The highest BCUT2D eigenvalue weighted by Gasteiger charge is 2.28. The zero-order chi connectivity index (χ0) is 25.8. The van der Waals surface area contributed by atoms with E-state index >= 15 is 0 Å². The number of aliphatic hydroxyl groups is 1. The van der Waals surface area contributed by atoms with E-state index in [-0.39, 0.29) is 18.7 Å². The molecule has 7 nitrogen and oxygen atoms in total. The van der Waals surface area contributed by atoms with Crippen molar-refractivity contribution < 1.29 is 14.6 Å². The Labute approximate surface area is 221 Å². The molecule has 1 aromatic heterocycles. The Morgan fingerprint density at radius 3 is 2.73 bits per heavy atom. The van der Waals surface area contributed by atoms with Crippen molar-refractivity contribution in [2.45, 2.75) is 26.0 Å². The molecule has 0 radical (unpaired) electrons. The lowest BCUT2D eigenvalue weighted by Crippen LogP contribution is -2.56. The van der Waals surface area contributed by atoms with Crippen LogP contribution in [0.25, 0.3) is 21.3 Å². The highest BCUT2D eigenvalue weighted by molar-refractivity contribution is 7.18. The number of thiazole rings is 1. The molecule has 1 aliphatic rings. The number of amides is 2. The first-order valence-corrected chi connectivity index (χ1v) is 13.4. The second kappa shape index (κ2) is 11.3. The van der Waals surface area contributed by atoms with Crippen LogP contribution in [-0.2, 0) is 0 Å². The van der Waals surface area contributed by atoms with Crippen molar-refractivity contribution in [3.8, 4) is 16.9 Å². The number of carbonyl (C=O) groups excluding carboxylic acids is 1. The third kappa shape index (κ3) is 6.28. The number of hydrogen-bond donors (Lipinski definition) is 2. The summed E-state index contributed by atoms with van der Waals surface area (Å²) in [7, 11) is 0. The minimum atomic E-state index is -0.628. The zero-order valence-corrected chi connectivity index (χ0v) is 21.9.